The molecule has 2 aliphatic heterocycles. The fourth-order valence-corrected chi connectivity index (χ4v) is 9.02. The fourth-order valence-electron chi connectivity index (χ4n) is 9.02. The highest BCUT2D eigenvalue weighted by atomic mass is 15.6. The van der Waals surface area contributed by atoms with E-state index in [1.807, 2.05) is 0 Å². The summed E-state index contributed by atoms with van der Waals surface area (Å²) in [5.41, 5.74) is 16.6. The predicted octanol–water partition coefficient (Wildman–Crippen LogP) is 12.7. The number of rotatable bonds is 5. The predicted molar refractivity (Wildman–Crippen MR) is 237 cm³/mol. The molecule has 57 heavy (non-hydrogen) atoms. The van der Waals surface area contributed by atoms with Crippen LogP contribution in [-0.4, -0.2) is 20.0 Å². The molecule has 5 nitrogen and oxygen atoms in total. The summed E-state index contributed by atoms with van der Waals surface area (Å²) in [5, 5.41) is 9.41. The van der Waals surface area contributed by atoms with Gasteiger partial charge in [0.05, 0.1) is 22.1 Å². The lowest BCUT2D eigenvalue weighted by Crippen LogP contribution is -2.36. The Balaban J connectivity index is 0.928. The number of fused-ring (bicyclic) bond motifs is 8. The number of nitrogens with zero attached hydrogens (tertiary/aromatic N) is 4. The third-order valence-corrected chi connectivity index (χ3v) is 11.7. The molecule has 10 aromatic rings. The van der Waals surface area contributed by atoms with Gasteiger partial charge in [-0.2, -0.15) is 5.43 Å². The maximum atomic E-state index is 5.39. The van der Waals surface area contributed by atoms with Crippen molar-refractivity contribution in [3.05, 3.63) is 206 Å². The minimum absolute atomic E-state index is 0.325. The molecule has 268 valence electrons. The Morgan fingerprint density at radius 3 is 1.75 bits per heavy atom. The molecule has 2 aliphatic rings. The Morgan fingerprint density at radius 2 is 0.982 bits per heavy atom. The Bertz CT molecular complexity index is 3330. The second-order valence-corrected chi connectivity index (χ2v) is 14.9. The summed E-state index contributed by atoms with van der Waals surface area (Å²) in [4.78, 5) is 5.39. The highest BCUT2D eigenvalue weighted by molar-refractivity contribution is 6.25. The van der Waals surface area contributed by atoms with E-state index in [1.54, 1.807) is 0 Å². The van der Waals surface area contributed by atoms with E-state index in [0.717, 1.165) is 28.0 Å². The van der Waals surface area contributed by atoms with Crippen LogP contribution in [0.3, 0.4) is 0 Å². The molecular formula is C52H35N5. The number of benzene rings is 8. The lowest BCUT2D eigenvalue weighted by molar-refractivity contribution is 0.330. The van der Waals surface area contributed by atoms with Gasteiger partial charge in [-0.25, -0.2) is 4.99 Å². The third-order valence-electron chi connectivity index (χ3n) is 11.7. The Kier molecular flexibility index (Phi) is 7.00. The minimum atomic E-state index is -0.325. The first kappa shape index (κ1) is 31.8. The van der Waals surface area contributed by atoms with Crippen LogP contribution in [0.2, 0.25) is 0 Å². The molecule has 4 heterocycles. The average Bonchev–Trinajstić information content (AvgIpc) is 3.96. The monoisotopic (exact) mass is 729 g/mol. The quantitative estimate of drug-likeness (QED) is 0.192. The van der Waals surface area contributed by atoms with Crippen LogP contribution in [0.15, 0.2) is 205 Å². The first-order valence-corrected chi connectivity index (χ1v) is 19.5. The number of hydrogen-bond donors (Lipinski definition) is 1. The molecule has 12 rings (SSSR count). The number of aromatic nitrogens is 2. The Hall–Kier alpha value is -7.47. The zero-order chi connectivity index (χ0) is 37.5. The average molecular weight is 730 g/mol. The normalized spacial score (nSPS) is 15.2. The summed E-state index contributed by atoms with van der Waals surface area (Å²) < 4.78 is 4.71. The van der Waals surface area contributed by atoms with E-state index in [0.29, 0.717) is 0 Å². The summed E-state index contributed by atoms with van der Waals surface area (Å²) in [6.07, 6.45) is 6.00. The van der Waals surface area contributed by atoms with E-state index >= 15 is 0 Å². The first-order valence-electron chi connectivity index (χ1n) is 19.5. The van der Waals surface area contributed by atoms with Crippen LogP contribution in [0.4, 0.5) is 0 Å². The fraction of sp³-hybridized carbons (Fsp3) is 0.0192. The van der Waals surface area contributed by atoms with Crippen molar-refractivity contribution in [1.29, 1.82) is 0 Å². The SMILES string of the molecule is C1=CN2NC(n3c4ccccc4c4cc(-c5ccc6c(c5)c5ccccc5n6-c5ccccc5)ccc43)N=C2C(c2ccc3cc(-c4ccccc4)ccc3c2)=C1. The van der Waals surface area contributed by atoms with Gasteiger partial charge in [0.25, 0.3) is 0 Å². The van der Waals surface area contributed by atoms with Gasteiger partial charge < -0.3 is 9.13 Å². The van der Waals surface area contributed by atoms with Gasteiger partial charge in [0.15, 0.2) is 12.1 Å². The standard InChI is InChI=1S/C52H35N5/c1-3-12-34(13-4-1)35-21-22-37-31-40(24-23-36(37)30-35)42-18-11-29-55-51(42)53-52(54-55)57-48-20-10-8-17-44(48)46-33-39(26-28-50(46)57)38-25-27-49-45(32-38)43-16-7-9-19-47(43)56(49)41-14-5-2-6-15-41/h1-33,52,54H. The molecule has 5 heteroatoms. The molecule has 0 radical (unpaired) electrons. The number of aliphatic imine (C=N–C) groups is 1. The van der Waals surface area contributed by atoms with Crippen molar-refractivity contribution in [2.45, 2.75) is 6.29 Å². The van der Waals surface area contributed by atoms with Crippen molar-refractivity contribution in [2.75, 3.05) is 0 Å². The summed E-state index contributed by atoms with van der Waals surface area (Å²) in [7, 11) is 0. The highest BCUT2D eigenvalue weighted by Gasteiger charge is 2.31. The Labute approximate surface area is 329 Å². The van der Waals surface area contributed by atoms with Gasteiger partial charge in [-0.05, 0) is 111 Å². The molecular weight excluding hydrogens is 695 g/mol. The molecule has 0 bridgehead atoms. The third kappa shape index (κ3) is 5.03. The van der Waals surface area contributed by atoms with E-state index in [1.165, 1.54) is 71.3 Å². The minimum Gasteiger partial charge on any atom is -0.309 e. The molecule has 1 unspecified atom stereocenters. The van der Waals surface area contributed by atoms with Crippen molar-refractivity contribution in [3.8, 4) is 27.9 Å². The maximum Gasteiger partial charge on any atom is 0.199 e. The van der Waals surface area contributed by atoms with Crippen LogP contribution >= 0.6 is 0 Å². The smallest absolute Gasteiger partial charge is 0.199 e. The van der Waals surface area contributed by atoms with E-state index in [2.05, 4.69) is 220 Å². The number of hydrogen-bond acceptors (Lipinski definition) is 3. The van der Waals surface area contributed by atoms with Crippen molar-refractivity contribution in [3.63, 3.8) is 0 Å². The van der Waals surface area contributed by atoms with E-state index in [9.17, 15) is 0 Å². The summed E-state index contributed by atoms with van der Waals surface area (Å²) in [5.74, 6) is 0.910. The maximum absolute atomic E-state index is 5.39. The van der Waals surface area contributed by atoms with E-state index in [4.69, 9.17) is 4.99 Å². The van der Waals surface area contributed by atoms with Crippen LogP contribution in [0.25, 0.3) is 87.9 Å². The number of allylic oxidation sites excluding steroid dienone is 2. The van der Waals surface area contributed by atoms with Gasteiger partial charge in [-0.15, -0.1) is 0 Å². The van der Waals surface area contributed by atoms with Crippen LogP contribution in [0.1, 0.15) is 11.9 Å². The van der Waals surface area contributed by atoms with Gasteiger partial charge in [0.1, 0.15) is 0 Å². The van der Waals surface area contributed by atoms with Crippen LogP contribution in [-0.2, 0) is 0 Å². The van der Waals surface area contributed by atoms with E-state index < -0.39 is 0 Å². The zero-order valence-electron chi connectivity index (χ0n) is 30.9. The number of para-hydroxylation sites is 3. The van der Waals surface area contributed by atoms with Crippen molar-refractivity contribution in [1.82, 2.24) is 19.6 Å². The van der Waals surface area contributed by atoms with Crippen molar-refractivity contribution >= 4 is 65.8 Å². The zero-order valence-corrected chi connectivity index (χ0v) is 30.9. The number of hydrazine groups is 1. The highest BCUT2D eigenvalue weighted by Crippen LogP contribution is 2.40. The largest absolute Gasteiger partial charge is 0.309 e. The lowest BCUT2D eigenvalue weighted by atomic mass is 9.96. The van der Waals surface area contributed by atoms with Gasteiger partial charge in [0.2, 0.25) is 0 Å². The molecule has 0 saturated carbocycles. The second kappa shape index (κ2) is 12.5. The molecule has 0 saturated heterocycles. The molecule has 0 spiro atoms. The van der Waals surface area contributed by atoms with Crippen LogP contribution in [0, 0.1) is 0 Å². The van der Waals surface area contributed by atoms with Gasteiger partial charge in [-0.3, -0.25) is 5.01 Å². The molecule has 2 aromatic heterocycles. The van der Waals surface area contributed by atoms with Crippen molar-refractivity contribution < 1.29 is 0 Å². The summed E-state index contributed by atoms with van der Waals surface area (Å²) in [6, 6.07) is 65.8. The Morgan fingerprint density at radius 1 is 0.439 bits per heavy atom. The van der Waals surface area contributed by atoms with Gasteiger partial charge in [0, 0.05) is 39.0 Å². The molecule has 0 amide bonds. The molecule has 1 N–H and O–H groups in total. The topological polar surface area (TPSA) is 37.5 Å². The molecule has 1 atom stereocenters. The van der Waals surface area contributed by atoms with Gasteiger partial charge >= 0.3 is 0 Å². The first-order chi connectivity index (χ1) is 28.2. The number of amidine groups is 1. The summed E-state index contributed by atoms with van der Waals surface area (Å²) >= 11 is 0. The van der Waals surface area contributed by atoms with Crippen LogP contribution in [0.5, 0.6) is 0 Å². The second-order valence-electron chi connectivity index (χ2n) is 14.9. The number of nitrogens with one attached hydrogen (secondary N) is 1. The van der Waals surface area contributed by atoms with Crippen LogP contribution < -0.4 is 5.43 Å². The molecule has 8 aromatic carbocycles. The van der Waals surface area contributed by atoms with E-state index in [-0.39, 0.29) is 6.29 Å². The molecule has 0 fully saturated rings. The summed E-state index contributed by atoms with van der Waals surface area (Å²) in [6.45, 7) is 0. The molecule has 0 aliphatic carbocycles. The van der Waals surface area contributed by atoms with Crippen molar-refractivity contribution in [2.24, 2.45) is 4.99 Å². The van der Waals surface area contributed by atoms with Gasteiger partial charge in [-0.1, -0.05) is 121 Å². The lowest BCUT2D eigenvalue weighted by Gasteiger charge is -2.22.